The molecule has 0 amide bonds. The number of hydrazine groups is 1. The van der Waals surface area contributed by atoms with Crippen LogP contribution in [0.2, 0.25) is 10.0 Å². The van der Waals surface area contributed by atoms with E-state index in [4.69, 9.17) is 33.8 Å². The van der Waals surface area contributed by atoms with Crippen molar-refractivity contribution in [2.24, 2.45) is 5.84 Å². The summed E-state index contributed by atoms with van der Waals surface area (Å²) in [4.78, 5) is 0. The number of methoxy groups -OCH3 is 1. The molecule has 3 N–H and O–H groups in total. The average Bonchev–Trinajstić information content (AvgIpc) is 2.33. The molecule has 0 aliphatic heterocycles. The molecular weight excluding hydrogens is 259 g/mol. The van der Waals surface area contributed by atoms with Crippen molar-refractivity contribution in [3.8, 4) is 0 Å². The third-order valence-corrected chi connectivity index (χ3v) is 3.30. The number of hydrogen-bond donors (Lipinski definition) is 2. The van der Waals surface area contributed by atoms with Gasteiger partial charge in [0.2, 0.25) is 0 Å². The number of benzene rings is 1. The van der Waals surface area contributed by atoms with E-state index in [2.05, 4.69) is 12.3 Å². The molecule has 0 fully saturated rings. The van der Waals surface area contributed by atoms with Gasteiger partial charge in [-0.2, -0.15) is 0 Å². The molecular formula is C12H18Cl2N2O. The van der Waals surface area contributed by atoms with E-state index in [1.165, 1.54) is 0 Å². The van der Waals surface area contributed by atoms with Crippen LogP contribution >= 0.6 is 23.2 Å². The minimum atomic E-state index is -0.161. The maximum Gasteiger partial charge on any atom is 0.0779 e. The third kappa shape index (κ3) is 3.83. The second kappa shape index (κ2) is 7.19. The Balaban J connectivity index is 3.02. The van der Waals surface area contributed by atoms with Crippen molar-refractivity contribution >= 4 is 23.2 Å². The van der Waals surface area contributed by atoms with E-state index in [1.54, 1.807) is 19.2 Å². The summed E-state index contributed by atoms with van der Waals surface area (Å²) in [5.74, 6) is 5.60. The van der Waals surface area contributed by atoms with Crippen LogP contribution in [0.3, 0.4) is 0 Å². The fourth-order valence-electron chi connectivity index (χ4n) is 1.86. The standard InChI is InChI=1S/C12H18Cl2N2O/c1-3-4-11(17-2)12(16-15)9-7-8(13)5-6-10(9)14/h5-7,11-12,16H,3-4,15H2,1-2H3. The minimum Gasteiger partial charge on any atom is -0.379 e. The summed E-state index contributed by atoms with van der Waals surface area (Å²) in [5, 5.41) is 1.27. The lowest BCUT2D eigenvalue weighted by atomic mass is 9.98. The lowest BCUT2D eigenvalue weighted by Gasteiger charge is -2.26. The average molecular weight is 277 g/mol. The van der Waals surface area contributed by atoms with Gasteiger partial charge >= 0.3 is 0 Å². The number of ether oxygens (including phenoxy) is 1. The van der Waals surface area contributed by atoms with Gasteiger partial charge in [-0.25, -0.2) is 0 Å². The fraction of sp³-hybridized carbons (Fsp3) is 0.500. The second-order valence-electron chi connectivity index (χ2n) is 3.87. The number of hydrogen-bond acceptors (Lipinski definition) is 3. The maximum atomic E-state index is 6.16. The van der Waals surface area contributed by atoms with Crippen LogP contribution < -0.4 is 11.3 Å². The second-order valence-corrected chi connectivity index (χ2v) is 4.72. The topological polar surface area (TPSA) is 47.3 Å². The predicted molar refractivity (Wildman–Crippen MR) is 72.2 cm³/mol. The first kappa shape index (κ1) is 14.7. The smallest absolute Gasteiger partial charge is 0.0779 e. The van der Waals surface area contributed by atoms with Crippen LogP contribution in [0.5, 0.6) is 0 Å². The van der Waals surface area contributed by atoms with Crippen molar-refractivity contribution in [2.45, 2.75) is 31.9 Å². The van der Waals surface area contributed by atoms with Crippen LogP contribution in [0, 0.1) is 0 Å². The highest BCUT2D eigenvalue weighted by Crippen LogP contribution is 2.30. The van der Waals surface area contributed by atoms with Gasteiger partial charge in [-0.3, -0.25) is 11.3 Å². The molecule has 0 aromatic heterocycles. The number of nitrogens with one attached hydrogen (secondary N) is 1. The van der Waals surface area contributed by atoms with Crippen molar-refractivity contribution in [1.29, 1.82) is 0 Å². The first-order valence-corrected chi connectivity index (χ1v) is 6.33. The Morgan fingerprint density at radius 1 is 1.41 bits per heavy atom. The molecule has 0 heterocycles. The molecule has 0 saturated carbocycles. The fourth-order valence-corrected chi connectivity index (χ4v) is 2.27. The Labute approximate surface area is 112 Å². The Bertz CT molecular complexity index is 360. The van der Waals surface area contributed by atoms with Crippen molar-refractivity contribution in [2.75, 3.05) is 7.11 Å². The molecule has 0 saturated heterocycles. The first-order chi connectivity index (χ1) is 8.13. The monoisotopic (exact) mass is 276 g/mol. The quantitative estimate of drug-likeness (QED) is 0.619. The molecule has 0 bridgehead atoms. The molecule has 0 radical (unpaired) electrons. The van der Waals surface area contributed by atoms with E-state index < -0.39 is 0 Å². The van der Waals surface area contributed by atoms with Gasteiger partial charge in [-0.15, -0.1) is 0 Å². The largest absolute Gasteiger partial charge is 0.379 e. The molecule has 0 aliphatic rings. The lowest BCUT2D eigenvalue weighted by molar-refractivity contribution is 0.0606. The summed E-state index contributed by atoms with van der Waals surface area (Å²) in [7, 11) is 1.67. The number of rotatable bonds is 6. The van der Waals surface area contributed by atoms with E-state index >= 15 is 0 Å². The molecule has 2 atom stereocenters. The van der Waals surface area contributed by atoms with Gasteiger partial charge in [0.25, 0.3) is 0 Å². The van der Waals surface area contributed by atoms with E-state index in [0.29, 0.717) is 10.0 Å². The molecule has 0 aliphatic carbocycles. The van der Waals surface area contributed by atoms with Crippen LogP contribution in [0.25, 0.3) is 0 Å². The highest BCUT2D eigenvalue weighted by molar-refractivity contribution is 6.33. The highest BCUT2D eigenvalue weighted by Gasteiger charge is 2.23. The van der Waals surface area contributed by atoms with E-state index in [9.17, 15) is 0 Å². The summed E-state index contributed by atoms with van der Waals surface area (Å²) in [6.07, 6.45) is 1.88. The SMILES string of the molecule is CCCC(OC)C(NN)c1cc(Cl)ccc1Cl. The molecule has 1 aromatic carbocycles. The summed E-state index contributed by atoms with van der Waals surface area (Å²) in [6.45, 7) is 2.10. The molecule has 2 unspecified atom stereocenters. The van der Waals surface area contributed by atoms with Crippen LogP contribution in [0.4, 0.5) is 0 Å². The van der Waals surface area contributed by atoms with Gasteiger partial charge in [-0.1, -0.05) is 36.5 Å². The van der Waals surface area contributed by atoms with Gasteiger partial charge in [0.15, 0.2) is 0 Å². The molecule has 17 heavy (non-hydrogen) atoms. The van der Waals surface area contributed by atoms with Gasteiger partial charge in [-0.05, 0) is 30.2 Å². The zero-order valence-electron chi connectivity index (χ0n) is 10.0. The summed E-state index contributed by atoms with van der Waals surface area (Å²) < 4.78 is 5.45. The van der Waals surface area contributed by atoms with Crippen LogP contribution in [-0.4, -0.2) is 13.2 Å². The Morgan fingerprint density at radius 2 is 2.12 bits per heavy atom. The van der Waals surface area contributed by atoms with Crippen molar-refractivity contribution in [3.05, 3.63) is 33.8 Å². The summed E-state index contributed by atoms with van der Waals surface area (Å²) in [6, 6.07) is 5.17. The Hall–Kier alpha value is -0.320. The first-order valence-electron chi connectivity index (χ1n) is 5.57. The lowest BCUT2D eigenvalue weighted by Crippen LogP contribution is -2.37. The van der Waals surface area contributed by atoms with Crippen LogP contribution in [0.15, 0.2) is 18.2 Å². The van der Waals surface area contributed by atoms with Crippen molar-refractivity contribution in [3.63, 3.8) is 0 Å². The molecule has 0 spiro atoms. The van der Waals surface area contributed by atoms with Crippen molar-refractivity contribution < 1.29 is 4.74 Å². The van der Waals surface area contributed by atoms with Gasteiger partial charge in [0.05, 0.1) is 12.1 Å². The highest BCUT2D eigenvalue weighted by atomic mass is 35.5. The normalized spacial score (nSPS) is 14.6. The molecule has 5 heteroatoms. The van der Waals surface area contributed by atoms with E-state index in [0.717, 1.165) is 18.4 Å². The Morgan fingerprint density at radius 3 is 2.65 bits per heavy atom. The minimum absolute atomic E-state index is 0.0269. The maximum absolute atomic E-state index is 6.16. The molecule has 1 aromatic rings. The van der Waals surface area contributed by atoms with Crippen LogP contribution in [0.1, 0.15) is 31.4 Å². The van der Waals surface area contributed by atoms with E-state index in [1.807, 2.05) is 6.07 Å². The zero-order valence-corrected chi connectivity index (χ0v) is 11.6. The Kier molecular flexibility index (Phi) is 6.23. The van der Waals surface area contributed by atoms with Gasteiger partial charge in [0.1, 0.15) is 0 Å². The van der Waals surface area contributed by atoms with Crippen LogP contribution in [-0.2, 0) is 4.74 Å². The summed E-state index contributed by atoms with van der Waals surface area (Å²) >= 11 is 12.1. The molecule has 3 nitrogen and oxygen atoms in total. The van der Waals surface area contributed by atoms with Crippen molar-refractivity contribution in [1.82, 2.24) is 5.43 Å². The van der Waals surface area contributed by atoms with Gasteiger partial charge in [0, 0.05) is 17.2 Å². The number of halogens is 2. The zero-order chi connectivity index (χ0) is 12.8. The summed E-state index contributed by atoms with van der Waals surface area (Å²) in [5.41, 5.74) is 3.62. The van der Waals surface area contributed by atoms with Gasteiger partial charge < -0.3 is 4.74 Å². The predicted octanol–water partition coefficient (Wildman–Crippen LogP) is 3.31. The third-order valence-electron chi connectivity index (χ3n) is 2.72. The van der Waals surface area contributed by atoms with E-state index in [-0.39, 0.29) is 12.1 Å². The molecule has 1 rings (SSSR count). The molecule has 96 valence electrons. The number of nitrogens with two attached hydrogens (primary N) is 1.